The van der Waals surface area contributed by atoms with E-state index in [1.165, 1.54) is 0 Å². The first kappa shape index (κ1) is 27.3. The van der Waals surface area contributed by atoms with Gasteiger partial charge in [-0.25, -0.2) is 0 Å². The van der Waals surface area contributed by atoms with E-state index >= 15 is 0 Å². The van der Waals surface area contributed by atoms with Crippen LogP contribution in [0.4, 0.5) is 0 Å². The smallest absolute Gasteiger partial charge is 0.306 e. The van der Waals surface area contributed by atoms with Gasteiger partial charge in [0, 0.05) is 36.0 Å². The molecule has 0 aliphatic heterocycles. The largest absolute Gasteiger partial charge is 0.457 e. The third-order valence-corrected chi connectivity index (χ3v) is 10.5. The van der Waals surface area contributed by atoms with E-state index in [0.717, 1.165) is 5.57 Å². The molecule has 8 heteroatoms. The van der Waals surface area contributed by atoms with Gasteiger partial charge in [0.2, 0.25) is 5.78 Å². The molecule has 0 aromatic rings. The lowest BCUT2D eigenvalue weighted by atomic mass is 9.45. The van der Waals surface area contributed by atoms with Crippen LogP contribution in [0.3, 0.4) is 0 Å². The minimum Gasteiger partial charge on any atom is -0.457 e. The van der Waals surface area contributed by atoms with Crippen molar-refractivity contribution >= 4 is 35.1 Å². The van der Waals surface area contributed by atoms with Gasteiger partial charge in [-0.3, -0.25) is 19.2 Å². The van der Waals surface area contributed by atoms with Gasteiger partial charge in [0.05, 0.1) is 6.10 Å². The Bertz CT molecular complexity index is 990. The number of fused-ring (bicyclic) bond motifs is 5. The van der Waals surface area contributed by atoms with Gasteiger partial charge in [-0.2, -0.15) is 0 Å². The average molecular weight is 523 g/mol. The molecule has 0 heterocycles. The van der Waals surface area contributed by atoms with Gasteiger partial charge in [-0.1, -0.05) is 40.2 Å². The lowest BCUT2D eigenvalue weighted by molar-refractivity contribution is -0.207. The van der Waals surface area contributed by atoms with Gasteiger partial charge in [0.25, 0.3) is 0 Å². The van der Waals surface area contributed by atoms with E-state index in [1.807, 2.05) is 13.8 Å². The Morgan fingerprint density at radius 2 is 1.83 bits per heavy atom. The highest BCUT2D eigenvalue weighted by Crippen LogP contribution is 2.70. The third kappa shape index (κ3) is 3.87. The maximum absolute atomic E-state index is 13.9. The van der Waals surface area contributed by atoms with Gasteiger partial charge >= 0.3 is 11.9 Å². The molecule has 0 aromatic heterocycles. The molecular weight excluding hydrogens is 484 g/mol. The van der Waals surface area contributed by atoms with Crippen LogP contribution in [-0.2, 0) is 28.7 Å². The molecule has 0 amide bonds. The number of ketones is 2. The summed E-state index contributed by atoms with van der Waals surface area (Å²) in [7, 11) is 0. The zero-order valence-corrected chi connectivity index (χ0v) is 22.7. The van der Waals surface area contributed by atoms with E-state index < -0.39 is 41.4 Å². The molecule has 4 aliphatic rings. The van der Waals surface area contributed by atoms with Crippen molar-refractivity contribution in [2.45, 2.75) is 96.6 Å². The van der Waals surface area contributed by atoms with E-state index in [0.29, 0.717) is 25.7 Å². The van der Waals surface area contributed by atoms with Crippen LogP contribution in [0, 0.1) is 34.5 Å². The van der Waals surface area contributed by atoms with E-state index in [1.54, 1.807) is 19.9 Å². The Kier molecular flexibility index (Phi) is 7.24. The Labute approximate surface area is 218 Å². The lowest BCUT2D eigenvalue weighted by Gasteiger charge is -2.61. The van der Waals surface area contributed by atoms with Crippen molar-refractivity contribution in [2.75, 3.05) is 6.61 Å². The van der Waals surface area contributed by atoms with Crippen molar-refractivity contribution in [3.8, 4) is 0 Å². The molecule has 0 radical (unpaired) electrons. The molecule has 200 valence electrons. The predicted octanol–water partition coefficient (Wildman–Crippen LogP) is 4.17. The van der Waals surface area contributed by atoms with Crippen LogP contribution >= 0.6 is 11.6 Å². The Morgan fingerprint density at radius 3 is 2.47 bits per heavy atom. The molecule has 0 unspecified atom stereocenters. The molecule has 36 heavy (non-hydrogen) atoms. The number of halogens is 1. The second kappa shape index (κ2) is 9.54. The van der Waals surface area contributed by atoms with Gasteiger partial charge in [0.1, 0.15) is 0 Å². The summed E-state index contributed by atoms with van der Waals surface area (Å²) in [5, 5.41) is 11.4. The zero-order chi connectivity index (χ0) is 26.6. The van der Waals surface area contributed by atoms with Crippen LogP contribution in [-0.4, -0.2) is 52.3 Å². The minimum absolute atomic E-state index is 0.0881. The monoisotopic (exact) mass is 522 g/mol. The van der Waals surface area contributed by atoms with Crippen molar-refractivity contribution in [2.24, 2.45) is 34.5 Å². The van der Waals surface area contributed by atoms with E-state index in [4.69, 9.17) is 21.1 Å². The number of esters is 2. The number of hydrogen-bond acceptors (Lipinski definition) is 7. The number of carbonyl (C=O) groups excluding carboxylic acids is 4. The van der Waals surface area contributed by atoms with E-state index in [2.05, 4.69) is 6.92 Å². The fraction of sp³-hybridized carbons (Fsp3) is 0.786. The fourth-order valence-corrected chi connectivity index (χ4v) is 8.89. The molecular formula is C28H39ClO7. The highest BCUT2D eigenvalue weighted by Gasteiger charge is 2.74. The van der Waals surface area contributed by atoms with Crippen molar-refractivity contribution in [1.29, 1.82) is 0 Å². The predicted molar refractivity (Wildman–Crippen MR) is 133 cm³/mol. The van der Waals surface area contributed by atoms with Gasteiger partial charge in [0.15, 0.2) is 18.0 Å². The number of aliphatic hydroxyl groups excluding tert-OH is 1. The quantitative estimate of drug-likeness (QED) is 0.412. The third-order valence-electron chi connectivity index (χ3n) is 10.1. The number of allylic oxidation sites excluding steroid dienone is 1. The molecule has 0 aromatic carbocycles. The van der Waals surface area contributed by atoms with Gasteiger partial charge < -0.3 is 14.6 Å². The number of hydrogen-bond donors (Lipinski definition) is 1. The molecule has 0 bridgehead atoms. The molecule has 0 saturated heterocycles. The molecule has 4 aliphatic carbocycles. The van der Waals surface area contributed by atoms with Gasteiger partial charge in [-0.15, -0.1) is 11.6 Å². The normalized spacial score (nSPS) is 43.5. The summed E-state index contributed by atoms with van der Waals surface area (Å²) in [6, 6.07) is 0. The zero-order valence-electron chi connectivity index (χ0n) is 22.0. The van der Waals surface area contributed by atoms with Crippen molar-refractivity contribution in [1.82, 2.24) is 0 Å². The van der Waals surface area contributed by atoms with Crippen molar-refractivity contribution in [3.05, 3.63) is 11.6 Å². The first-order valence-corrected chi connectivity index (χ1v) is 13.8. The maximum Gasteiger partial charge on any atom is 0.306 e. The number of rotatable bonds is 6. The highest BCUT2D eigenvalue weighted by molar-refractivity contribution is 6.21. The summed E-state index contributed by atoms with van der Waals surface area (Å²) in [4.78, 5) is 50.7. The topological polar surface area (TPSA) is 107 Å². The van der Waals surface area contributed by atoms with Crippen LogP contribution in [0.1, 0.15) is 79.6 Å². The number of ether oxygens (including phenoxy) is 2. The Morgan fingerprint density at radius 1 is 1.17 bits per heavy atom. The molecule has 0 spiro atoms. The minimum atomic E-state index is -1.53. The van der Waals surface area contributed by atoms with E-state index in [9.17, 15) is 24.3 Å². The lowest BCUT2D eigenvalue weighted by Crippen LogP contribution is -2.65. The summed E-state index contributed by atoms with van der Waals surface area (Å²) >= 11 is 7.06. The first-order valence-electron chi connectivity index (χ1n) is 13.3. The average Bonchev–Trinajstić information content (AvgIpc) is 3.04. The second-order valence-electron chi connectivity index (χ2n) is 11.8. The SMILES string of the molecule is CCC(=O)OCC(=O)[C@]1(OC(=O)CC)[C@@H](C)C[C@H]2[C@H]3[C@H]([C@@H](O)C[C@@]21C)[C@@]1(C)CCC(=O)C=C1C[C@H]3Cl. The summed E-state index contributed by atoms with van der Waals surface area (Å²) < 4.78 is 11.3. The maximum atomic E-state index is 13.9. The van der Waals surface area contributed by atoms with E-state index in [-0.39, 0.29) is 59.5 Å². The van der Waals surface area contributed by atoms with Crippen LogP contribution in [0.25, 0.3) is 0 Å². The fourth-order valence-electron chi connectivity index (χ4n) is 8.39. The molecule has 9 atom stereocenters. The number of Topliss-reactive ketones (excluding diaryl/α,β-unsaturated/α-hetero) is 1. The molecule has 1 N–H and O–H groups in total. The molecule has 4 rings (SSSR count). The number of alkyl halides is 1. The number of aliphatic hydroxyl groups is 1. The summed E-state index contributed by atoms with van der Waals surface area (Å²) in [5.74, 6) is -2.04. The number of carbonyl (C=O) groups is 4. The summed E-state index contributed by atoms with van der Waals surface area (Å²) in [6.07, 6.45) is 3.70. The van der Waals surface area contributed by atoms with Gasteiger partial charge in [-0.05, 0) is 54.9 Å². The van der Waals surface area contributed by atoms with Crippen LogP contribution < -0.4 is 0 Å². The standard InChI is InChI=1S/C28H39ClO7/c1-6-22(33)35-14-21(32)28(36-23(34)7-2)15(3)10-18-24-19(29)12-16-11-17(30)8-9-26(16,4)25(24)20(31)13-27(18,28)5/h11,15,18-20,24-25,31H,6-10,12-14H2,1-5H3/t15-,18-,19+,20-,24+,25-,26-,27-,28+/m0/s1. The summed E-state index contributed by atoms with van der Waals surface area (Å²) in [5.41, 5.74) is -1.75. The molecule has 3 fully saturated rings. The van der Waals surface area contributed by atoms with Crippen molar-refractivity contribution in [3.63, 3.8) is 0 Å². The van der Waals surface area contributed by atoms with Crippen LogP contribution in [0.2, 0.25) is 0 Å². The van der Waals surface area contributed by atoms with Crippen LogP contribution in [0.15, 0.2) is 11.6 Å². The molecule has 3 saturated carbocycles. The first-order chi connectivity index (χ1) is 16.9. The highest BCUT2D eigenvalue weighted by atomic mass is 35.5. The van der Waals surface area contributed by atoms with Crippen molar-refractivity contribution < 1.29 is 33.8 Å². The summed E-state index contributed by atoms with van der Waals surface area (Å²) in [6.45, 7) is 8.83. The Balaban J connectivity index is 1.79. The van der Waals surface area contributed by atoms with Crippen LogP contribution in [0.5, 0.6) is 0 Å². The molecule has 7 nitrogen and oxygen atoms in total. The second-order valence-corrected chi connectivity index (χ2v) is 12.4. The Hall–Kier alpha value is -1.73.